The van der Waals surface area contributed by atoms with Crippen LogP contribution in [0.1, 0.15) is 21.5 Å². The fourth-order valence-electron chi connectivity index (χ4n) is 1.27. The summed E-state index contributed by atoms with van der Waals surface area (Å²) in [6, 6.07) is 1.83. The van der Waals surface area contributed by atoms with Crippen molar-refractivity contribution < 1.29 is 4.79 Å². The number of nitrogens with one attached hydrogen (secondary N) is 1. The Morgan fingerprint density at radius 3 is 2.81 bits per heavy atom. The Balaban J connectivity index is 1.96. The Kier molecular flexibility index (Phi) is 3.78. The summed E-state index contributed by atoms with van der Waals surface area (Å²) < 4.78 is 0.976. The van der Waals surface area contributed by atoms with Crippen LogP contribution in [0.15, 0.2) is 26.0 Å². The molecule has 0 aliphatic carbocycles. The van der Waals surface area contributed by atoms with Gasteiger partial charge in [-0.05, 0) is 50.8 Å². The first-order valence-corrected chi connectivity index (χ1v) is 7.32. The maximum absolute atomic E-state index is 11.7. The van der Waals surface area contributed by atoms with E-state index in [-0.39, 0.29) is 5.91 Å². The van der Waals surface area contributed by atoms with Gasteiger partial charge in [0.25, 0.3) is 5.91 Å². The quantitative estimate of drug-likeness (QED) is 0.916. The third-order valence-electron chi connectivity index (χ3n) is 2.23. The van der Waals surface area contributed by atoms with Crippen LogP contribution in [-0.4, -0.2) is 5.91 Å². The zero-order valence-corrected chi connectivity index (χ0v) is 11.8. The fourth-order valence-corrected chi connectivity index (χ4v) is 3.27. The van der Waals surface area contributed by atoms with Gasteiger partial charge in [0, 0.05) is 11.9 Å². The van der Waals surface area contributed by atoms with E-state index in [1.165, 1.54) is 22.5 Å². The molecule has 0 aliphatic rings. The average molecular weight is 316 g/mol. The van der Waals surface area contributed by atoms with Gasteiger partial charge < -0.3 is 5.32 Å². The first-order chi connectivity index (χ1) is 7.66. The lowest BCUT2D eigenvalue weighted by molar-refractivity contribution is 0.0951. The Morgan fingerprint density at radius 2 is 2.25 bits per heavy atom. The topological polar surface area (TPSA) is 29.1 Å². The lowest BCUT2D eigenvalue weighted by atomic mass is 10.2. The molecule has 0 unspecified atom stereocenters. The molecule has 2 rings (SSSR count). The molecule has 0 spiro atoms. The molecule has 2 aromatic rings. The largest absolute Gasteiger partial charge is 0.348 e. The molecule has 2 nitrogen and oxygen atoms in total. The van der Waals surface area contributed by atoms with Crippen molar-refractivity contribution >= 4 is 44.5 Å². The lowest BCUT2D eigenvalue weighted by Crippen LogP contribution is -2.22. The van der Waals surface area contributed by atoms with Crippen molar-refractivity contribution in [2.75, 3.05) is 0 Å². The maximum Gasteiger partial charge on any atom is 0.252 e. The van der Waals surface area contributed by atoms with Crippen molar-refractivity contribution in [2.24, 2.45) is 0 Å². The van der Waals surface area contributed by atoms with Gasteiger partial charge in [0.15, 0.2) is 0 Å². The predicted molar refractivity (Wildman–Crippen MR) is 72.2 cm³/mol. The lowest BCUT2D eigenvalue weighted by Gasteiger charge is -2.02. The van der Waals surface area contributed by atoms with Crippen LogP contribution >= 0.6 is 38.6 Å². The van der Waals surface area contributed by atoms with Crippen LogP contribution in [0.2, 0.25) is 0 Å². The molecule has 0 bridgehead atoms. The summed E-state index contributed by atoms with van der Waals surface area (Å²) in [6.45, 7) is 2.65. The van der Waals surface area contributed by atoms with Crippen molar-refractivity contribution in [1.82, 2.24) is 5.32 Å². The van der Waals surface area contributed by atoms with E-state index in [4.69, 9.17) is 0 Å². The molecule has 1 amide bonds. The van der Waals surface area contributed by atoms with Gasteiger partial charge in [0.05, 0.1) is 9.35 Å². The van der Waals surface area contributed by atoms with Crippen LogP contribution in [0.25, 0.3) is 0 Å². The van der Waals surface area contributed by atoms with Crippen LogP contribution in [0, 0.1) is 6.92 Å². The van der Waals surface area contributed by atoms with Crippen molar-refractivity contribution in [1.29, 1.82) is 0 Å². The Hall–Kier alpha value is -0.650. The van der Waals surface area contributed by atoms with Crippen LogP contribution in [0.3, 0.4) is 0 Å². The van der Waals surface area contributed by atoms with Gasteiger partial charge in [-0.3, -0.25) is 4.79 Å². The molecule has 0 radical (unpaired) electrons. The van der Waals surface area contributed by atoms with Gasteiger partial charge in [0.1, 0.15) is 0 Å². The summed E-state index contributed by atoms with van der Waals surface area (Å²) in [5.41, 5.74) is 3.13. The van der Waals surface area contributed by atoms with Crippen molar-refractivity contribution in [3.05, 3.63) is 42.7 Å². The maximum atomic E-state index is 11.7. The van der Waals surface area contributed by atoms with Gasteiger partial charge in [-0.25, -0.2) is 0 Å². The molecule has 0 saturated carbocycles. The molecule has 1 N–H and O–H groups in total. The predicted octanol–water partition coefficient (Wildman–Crippen LogP) is 3.81. The van der Waals surface area contributed by atoms with E-state index < -0.39 is 0 Å². The molecule has 0 saturated heterocycles. The smallest absolute Gasteiger partial charge is 0.252 e. The Labute approximate surface area is 110 Å². The SMILES string of the molecule is Cc1cscc1CNC(=O)c1csc(Br)c1. The van der Waals surface area contributed by atoms with E-state index in [2.05, 4.69) is 38.9 Å². The van der Waals surface area contributed by atoms with Gasteiger partial charge >= 0.3 is 0 Å². The van der Waals surface area contributed by atoms with Gasteiger partial charge in [-0.15, -0.1) is 11.3 Å². The minimum Gasteiger partial charge on any atom is -0.348 e. The summed E-state index contributed by atoms with van der Waals surface area (Å²) in [6.07, 6.45) is 0. The van der Waals surface area contributed by atoms with Gasteiger partial charge in [0.2, 0.25) is 0 Å². The molecular weight excluding hydrogens is 306 g/mol. The minimum atomic E-state index is -0.0208. The number of carbonyl (C=O) groups excluding carboxylic acids is 1. The molecule has 2 heterocycles. The molecule has 0 aromatic carbocycles. The highest BCUT2D eigenvalue weighted by atomic mass is 79.9. The van der Waals surface area contributed by atoms with Crippen LogP contribution in [0.4, 0.5) is 0 Å². The zero-order chi connectivity index (χ0) is 11.5. The summed E-state index contributed by atoms with van der Waals surface area (Å²) in [7, 11) is 0. The fraction of sp³-hybridized carbons (Fsp3) is 0.182. The molecule has 0 aliphatic heterocycles. The van der Waals surface area contributed by atoms with Crippen LogP contribution < -0.4 is 5.32 Å². The van der Waals surface area contributed by atoms with E-state index in [9.17, 15) is 4.79 Å². The first kappa shape index (κ1) is 11.8. The third kappa shape index (κ3) is 2.72. The van der Waals surface area contributed by atoms with E-state index in [1.807, 2.05) is 11.4 Å². The molecule has 5 heteroatoms. The molecule has 0 fully saturated rings. The Bertz CT molecular complexity index is 504. The van der Waals surface area contributed by atoms with Crippen LogP contribution in [0.5, 0.6) is 0 Å². The number of aryl methyl sites for hydroxylation is 1. The van der Waals surface area contributed by atoms with Crippen molar-refractivity contribution in [3.8, 4) is 0 Å². The van der Waals surface area contributed by atoms with E-state index >= 15 is 0 Å². The second kappa shape index (κ2) is 5.12. The number of halogens is 1. The number of hydrogen-bond donors (Lipinski definition) is 1. The van der Waals surface area contributed by atoms with E-state index in [0.717, 1.165) is 3.79 Å². The summed E-state index contributed by atoms with van der Waals surface area (Å²) in [5, 5.41) is 8.91. The van der Waals surface area contributed by atoms with E-state index in [1.54, 1.807) is 11.3 Å². The van der Waals surface area contributed by atoms with Crippen molar-refractivity contribution in [3.63, 3.8) is 0 Å². The first-order valence-electron chi connectivity index (χ1n) is 4.70. The monoisotopic (exact) mass is 315 g/mol. The molecule has 2 aromatic heterocycles. The highest BCUT2D eigenvalue weighted by Crippen LogP contribution is 2.20. The average Bonchev–Trinajstić information content (AvgIpc) is 2.84. The normalized spacial score (nSPS) is 10.4. The third-order valence-corrected chi connectivity index (χ3v) is 4.65. The van der Waals surface area contributed by atoms with Gasteiger partial charge in [-0.2, -0.15) is 11.3 Å². The van der Waals surface area contributed by atoms with Crippen LogP contribution in [-0.2, 0) is 6.54 Å². The van der Waals surface area contributed by atoms with Gasteiger partial charge in [-0.1, -0.05) is 0 Å². The molecule has 16 heavy (non-hydrogen) atoms. The second-order valence-electron chi connectivity index (χ2n) is 3.40. The number of rotatable bonds is 3. The molecule has 84 valence electrons. The number of hydrogen-bond acceptors (Lipinski definition) is 3. The summed E-state index contributed by atoms with van der Waals surface area (Å²) in [5.74, 6) is -0.0208. The highest BCUT2D eigenvalue weighted by molar-refractivity contribution is 9.11. The molecular formula is C11H10BrNOS2. The van der Waals surface area contributed by atoms with Crippen molar-refractivity contribution in [2.45, 2.75) is 13.5 Å². The number of amides is 1. The molecule has 0 atom stereocenters. The number of thiophene rings is 2. The summed E-state index contributed by atoms with van der Waals surface area (Å²) in [4.78, 5) is 11.7. The number of carbonyl (C=O) groups is 1. The standard InChI is InChI=1S/C11H10BrNOS2/c1-7-4-15-5-9(7)3-13-11(14)8-2-10(12)16-6-8/h2,4-6H,3H2,1H3,(H,13,14). The Morgan fingerprint density at radius 1 is 1.44 bits per heavy atom. The minimum absolute atomic E-state index is 0.0208. The van der Waals surface area contributed by atoms with E-state index in [0.29, 0.717) is 12.1 Å². The zero-order valence-electron chi connectivity index (χ0n) is 8.62. The highest BCUT2D eigenvalue weighted by Gasteiger charge is 2.08. The summed E-state index contributed by atoms with van der Waals surface area (Å²) >= 11 is 6.52. The second-order valence-corrected chi connectivity index (χ2v) is 6.44.